The highest BCUT2D eigenvalue weighted by molar-refractivity contribution is 7.18. The van der Waals surface area contributed by atoms with Gasteiger partial charge in [0.25, 0.3) is 0 Å². The molecular weight excluding hydrogens is 256 g/mol. The van der Waals surface area contributed by atoms with Crippen LogP contribution in [0.25, 0.3) is 0 Å². The van der Waals surface area contributed by atoms with E-state index in [-0.39, 0.29) is 10.9 Å². The topological polar surface area (TPSA) is 97.2 Å². The van der Waals surface area contributed by atoms with E-state index in [1.165, 1.54) is 6.20 Å². The number of anilines is 1. The molecule has 8 heteroatoms. The number of nitrogens with one attached hydrogen (secondary N) is 2. The van der Waals surface area contributed by atoms with Gasteiger partial charge in [0.1, 0.15) is 6.20 Å². The standard InChI is InChI=1S/C10H16N4O3S/c1-7(2)5-12-8(15)3-4-11-10-13-6-9(18-10)14(16)17/h6-7H,3-5H2,1-2H3,(H,11,13)(H,12,15). The lowest BCUT2D eigenvalue weighted by Gasteiger charge is -2.07. The first-order valence-electron chi connectivity index (χ1n) is 5.60. The van der Waals surface area contributed by atoms with Gasteiger partial charge in [0.05, 0.1) is 4.92 Å². The highest BCUT2D eigenvalue weighted by Gasteiger charge is 2.11. The Hall–Kier alpha value is -1.70. The minimum atomic E-state index is -0.488. The Morgan fingerprint density at radius 3 is 2.89 bits per heavy atom. The number of thiazole rings is 1. The maximum absolute atomic E-state index is 11.4. The minimum absolute atomic E-state index is 0.0123. The summed E-state index contributed by atoms with van der Waals surface area (Å²) >= 11 is 0.958. The van der Waals surface area contributed by atoms with Gasteiger partial charge in [-0.05, 0) is 17.3 Å². The van der Waals surface area contributed by atoms with Crippen LogP contribution in [0.1, 0.15) is 20.3 Å². The fourth-order valence-corrected chi connectivity index (χ4v) is 1.78. The lowest BCUT2D eigenvalue weighted by molar-refractivity contribution is -0.380. The van der Waals surface area contributed by atoms with Crippen molar-refractivity contribution in [3.8, 4) is 0 Å². The Kier molecular flexibility index (Phi) is 5.50. The summed E-state index contributed by atoms with van der Waals surface area (Å²) in [6.07, 6.45) is 1.52. The van der Waals surface area contributed by atoms with E-state index in [0.717, 1.165) is 11.3 Å². The van der Waals surface area contributed by atoms with E-state index in [4.69, 9.17) is 0 Å². The van der Waals surface area contributed by atoms with E-state index in [0.29, 0.717) is 30.6 Å². The number of hydrogen-bond acceptors (Lipinski definition) is 6. The van der Waals surface area contributed by atoms with Crippen molar-refractivity contribution >= 4 is 27.4 Å². The molecule has 0 fully saturated rings. The molecule has 0 spiro atoms. The molecule has 1 amide bonds. The van der Waals surface area contributed by atoms with Gasteiger partial charge >= 0.3 is 5.00 Å². The first-order valence-corrected chi connectivity index (χ1v) is 6.41. The Balaban J connectivity index is 2.24. The Labute approximate surface area is 109 Å². The SMILES string of the molecule is CC(C)CNC(=O)CCNc1ncc([N+](=O)[O-])s1. The molecule has 0 aliphatic heterocycles. The second kappa shape index (κ2) is 6.90. The van der Waals surface area contributed by atoms with E-state index in [1.807, 2.05) is 13.8 Å². The van der Waals surface area contributed by atoms with Crippen LogP contribution in [-0.2, 0) is 4.79 Å². The maximum atomic E-state index is 11.4. The van der Waals surface area contributed by atoms with Crippen molar-refractivity contribution in [3.05, 3.63) is 16.3 Å². The average Bonchev–Trinajstić information content (AvgIpc) is 2.75. The molecule has 1 aromatic heterocycles. The third kappa shape index (κ3) is 5.09. The molecule has 0 radical (unpaired) electrons. The van der Waals surface area contributed by atoms with Gasteiger partial charge in [0.2, 0.25) is 5.91 Å². The highest BCUT2D eigenvalue weighted by Crippen LogP contribution is 2.24. The van der Waals surface area contributed by atoms with Crippen LogP contribution in [0.2, 0.25) is 0 Å². The molecule has 1 aromatic rings. The number of amides is 1. The van der Waals surface area contributed by atoms with E-state index in [1.54, 1.807) is 0 Å². The largest absolute Gasteiger partial charge is 0.361 e. The van der Waals surface area contributed by atoms with Gasteiger partial charge in [-0.15, -0.1) is 0 Å². The van der Waals surface area contributed by atoms with Gasteiger partial charge < -0.3 is 10.6 Å². The number of nitro groups is 1. The molecule has 7 nitrogen and oxygen atoms in total. The van der Waals surface area contributed by atoms with E-state index in [2.05, 4.69) is 15.6 Å². The summed E-state index contributed by atoms with van der Waals surface area (Å²) < 4.78 is 0. The summed E-state index contributed by atoms with van der Waals surface area (Å²) in [5.41, 5.74) is 0. The molecule has 2 N–H and O–H groups in total. The Morgan fingerprint density at radius 2 is 2.33 bits per heavy atom. The van der Waals surface area contributed by atoms with Crippen molar-refractivity contribution in [2.75, 3.05) is 18.4 Å². The predicted octanol–water partition coefficient (Wildman–Crippen LogP) is 1.63. The predicted molar refractivity (Wildman–Crippen MR) is 69.7 cm³/mol. The Morgan fingerprint density at radius 1 is 1.61 bits per heavy atom. The molecule has 0 aliphatic carbocycles. The Bertz CT molecular complexity index is 419. The minimum Gasteiger partial charge on any atom is -0.361 e. The molecule has 0 aliphatic rings. The van der Waals surface area contributed by atoms with Gasteiger partial charge in [-0.25, -0.2) is 4.98 Å². The normalized spacial score (nSPS) is 10.4. The van der Waals surface area contributed by atoms with Gasteiger partial charge in [0, 0.05) is 19.5 Å². The fraction of sp³-hybridized carbons (Fsp3) is 0.600. The van der Waals surface area contributed by atoms with Crippen LogP contribution >= 0.6 is 11.3 Å². The molecule has 100 valence electrons. The summed E-state index contributed by atoms with van der Waals surface area (Å²) in [6.45, 7) is 5.11. The van der Waals surface area contributed by atoms with Crippen molar-refractivity contribution in [3.63, 3.8) is 0 Å². The molecule has 0 saturated carbocycles. The molecule has 0 aromatic carbocycles. The van der Waals surface area contributed by atoms with E-state index >= 15 is 0 Å². The molecular formula is C10H16N4O3S. The molecule has 0 atom stereocenters. The monoisotopic (exact) mass is 272 g/mol. The van der Waals surface area contributed by atoms with E-state index in [9.17, 15) is 14.9 Å². The van der Waals surface area contributed by atoms with Gasteiger partial charge in [0.15, 0.2) is 5.13 Å². The quantitative estimate of drug-likeness (QED) is 0.580. The van der Waals surface area contributed by atoms with Crippen molar-refractivity contribution in [1.29, 1.82) is 0 Å². The molecule has 18 heavy (non-hydrogen) atoms. The third-order valence-corrected chi connectivity index (χ3v) is 2.92. The first kappa shape index (κ1) is 14.4. The van der Waals surface area contributed by atoms with Crippen LogP contribution in [0.3, 0.4) is 0 Å². The fourth-order valence-electron chi connectivity index (χ4n) is 1.12. The van der Waals surface area contributed by atoms with Crippen LogP contribution < -0.4 is 10.6 Å². The number of hydrogen-bond donors (Lipinski definition) is 2. The summed E-state index contributed by atoms with van der Waals surface area (Å²) in [6, 6.07) is 0. The lowest BCUT2D eigenvalue weighted by atomic mass is 10.2. The van der Waals surface area contributed by atoms with Crippen LogP contribution in [0.5, 0.6) is 0 Å². The third-order valence-electron chi connectivity index (χ3n) is 2.01. The number of aromatic nitrogens is 1. The smallest absolute Gasteiger partial charge is 0.345 e. The zero-order valence-corrected chi connectivity index (χ0v) is 11.1. The van der Waals surface area contributed by atoms with Crippen molar-refractivity contribution in [2.45, 2.75) is 20.3 Å². The van der Waals surface area contributed by atoms with Crippen molar-refractivity contribution in [1.82, 2.24) is 10.3 Å². The van der Waals surface area contributed by atoms with Crippen LogP contribution in [0, 0.1) is 16.0 Å². The van der Waals surface area contributed by atoms with E-state index < -0.39 is 4.92 Å². The number of carbonyl (C=O) groups is 1. The second-order valence-electron chi connectivity index (χ2n) is 4.14. The maximum Gasteiger partial charge on any atom is 0.345 e. The summed E-state index contributed by atoms with van der Waals surface area (Å²) in [7, 11) is 0. The molecule has 0 saturated heterocycles. The van der Waals surface area contributed by atoms with Crippen molar-refractivity contribution in [2.24, 2.45) is 5.92 Å². The van der Waals surface area contributed by atoms with Gasteiger partial charge in [-0.2, -0.15) is 0 Å². The second-order valence-corrected chi connectivity index (χ2v) is 5.14. The van der Waals surface area contributed by atoms with Crippen LogP contribution in [0.15, 0.2) is 6.20 Å². The molecule has 0 unspecified atom stereocenters. The first-order chi connectivity index (χ1) is 8.49. The van der Waals surface area contributed by atoms with Gasteiger partial charge in [-0.3, -0.25) is 14.9 Å². The molecule has 1 rings (SSSR count). The zero-order valence-electron chi connectivity index (χ0n) is 10.3. The molecule has 0 bridgehead atoms. The molecule has 1 heterocycles. The summed E-state index contributed by atoms with van der Waals surface area (Å²) in [5.74, 6) is 0.380. The summed E-state index contributed by atoms with van der Waals surface area (Å²) in [4.78, 5) is 25.2. The zero-order chi connectivity index (χ0) is 13.5. The lowest BCUT2D eigenvalue weighted by Crippen LogP contribution is -2.28. The van der Waals surface area contributed by atoms with Gasteiger partial charge in [-0.1, -0.05) is 13.8 Å². The number of nitrogens with zero attached hydrogens (tertiary/aromatic N) is 2. The number of rotatable bonds is 7. The summed E-state index contributed by atoms with van der Waals surface area (Å²) in [5, 5.41) is 16.5. The van der Waals surface area contributed by atoms with Crippen LogP contribution in [0.4, 0.5) is 10.1 Å². The van der Waals surface area contributed by atoms with Crippen LogP contribution in [-0.4, -0.2) is 28.9 Å². The van der Waals surface area contributed by atoms with Crippen molar-refractivity contribution < 1.29 is 9.72 Å². The highest BCUT2D eigenvalue weighted by atomic mass is 32.1. The average molecular weight is 272 g/mol. The number of carbonyl (C=O) groups excluding carboxylic acids is 1.